The molecular formula is C13H18BrN3O. The average molecular weight is 312 g/mol. The van der Waals surface area contributed by atoms with Gasteiger partial charge in [0.2, 0.25) is 5.91 Å². The van der Waals surface area contributed by atoms with Gasteiger partial charge in [0.05, 0.1) is 17.3 Å². The average Bonchev–Trinajstić information content (AvgIpc) is 2.84. The molecule has 4 nitrogen and oxygen atoms in total. The maximum Gasteiger partial charge on any atom is 0.231 e. The quantitative estimate of drug-likeness (QED) is 0.843. The molecule has 1 atom stereocenters. The number of amides is 1. The monoisotopic (exact) mass is 311 g/mol. The Balaban J connectivity index is 2.13. The number of aromatic nitrogens is 1. The van der Waals surface area contributed by atoms with E-state index in [-0.39, 0.29) is 11.3 Å². The van der Waals surface area contributed by atoms with Crippen molar-refractivity contribution in [2.75, 3.05) is 18.4 Å². The number of anilines is 1. The summed E-state index contributed by atoms with van der Waals surface area (Å²) in [5.74, 6) is 0.0959. The Morgan fingerprint density at radius 2 is 2.44 bits per heavy atom. The number of hydrogen-bond donors (Lipinski definition) is 2. The SMILES string of the molecule is CCC1(C(=O)Nc2cnc(Br)c(C)c2)CCNC1. The fourth-order valence-electron chi connectivity index (χ4n) is 2.29. The summed E-state index contributed by atoms with van der Waals surface area (Å²) in [6.45, 7) is 5.70. The highest BCUT2D eigenvalue weighted by molar-refractivity contribution is 9.10. The molecule has 98 valence electrons. The number of carbonyl (C=O) groups is 1. The third-order valence-electron chi connectivity index (χ3n) is 3.67. The number of nitrogens with zero attached hydrogens (tertiary/aromatic N) is 1. The van der Waals surface area contributed by atoms with Crippen molar-refractivity contribution < 1.29 is 4.79 Å². The molecule has 0 aromatic carbocycles. The molecule has 18 heavy (non-hydrogen) atoms. The van der Waals surface area contributed by atoms with Crippen molar-refractivity contribution in [3.8, 4) is 0 Å². The minimum Gasteiger partial charge on any atom is -0.324 e. The van der Waals surface area contributed by atoms with E-state index in [1.165, 1.54) is 0 Å². The summed E-state index contributed by atoms with van der Waals surface area (Å²) in [5, 5.41) is 6.25. The molecule has 1 amide bonds. The maximum atomic E-state index is 12.4. The van der Waals surface area contributed by atoms with Crippen LogP contribution in [0.3, 0.4) is 0 Å². The van der Waals surface area contributed by atoms with Crippen LogP contribution in [0.4, 0.5) is 5.69 Å². The minimum absolute atomic E-state index is 0.0959. The molecular weight excluding hydrogens is 294 g/mol. The van der Waals surface area contributed by atoms with Crippen LogP contribution in [-0.2, 0) is 4.79 Å². The number of halogens is 1. The molecule has 0 bridgehead atoms. The standard InChI is InChI=1S/C13H18BrN3O/c1-3-13(4-5-15-8-13)12(18)17-10-6-9(2)11(14)16-7-10/h6-7,15H,3-5,8H2,1-2H3,(H,17,18). The highest BCUT2D eigenvalue weighted by Crippen LogP contribution is 2.31. The van der Waals surface area contributed by atoms with Gasteiger partial charge >= 0.3 is 0 Å². The topological polar surface area (TPSA) is 54.0 Å². The van der Waals surface area contributed by atoms with Crippen molar-refractivity contribution in [2.45, 2.75) is 26.7 Å². The predicted molar refractivity (Wildman–Crippen MR) is 75.5 cm³/mol. The Bertz CT molecular complexity index is 456. The van der Waals surface area contributed by atoms with Crippen LogP contribution in [0.25, 0.3) is 0 Å². The van der Waals surface area contributed by atoms with Crippen LogP contribution in [0.15, 0.2) is 16.9 Å². The number of aryl methyl sites for hydroxylation is 1. The molecule has 1 aliphatic heterocycles. The Labute approximate surface area is 116 Å². The van der Waals surface area contributed by atoms with E-state index in [1.807, 2.05) is 13.0 Å². The van der Waals surface area contributed by atoms with Crippen molar-refractivity contribution in [3.63, 3.8) is 0 Å². The zero-order valence-corrected chi connectivity index (χ0v) is 12.3. The number of carbonyl (C=O) groups excluding carboxylic acids is 1. The highest BCUT2D eigenvalue weighted by Gasteiger charge is 2.39. The van der Waals surface area contributed by atoms with Crippen LogP contribution in [0.5, 0.6) is 0 Å². The summed E-state index contributed by atoms with van der Waals surface area (Å²) in [6, 6.07) is 1.93. The van der Waals surface area contributed by atoms with Crippen LogP contribution in [-0.4, -0.2) is 24.0 Å². The summed E-state index contributed by atoms with van der Waals surface area (Å²) in [6.07, 6.45) is 3.44. The van der Waals surface area contributed by atoms with Crippen LogP contribution in [0.2, 0.25) is 0 Å². The minimum atomic E-state index is -0.263. The summed E-state index contributed by atoms with van der Waals surface area (Å²) in [4.78, 5) is 16.6. The van der Waals surface area contributed by atoms with Gasteiger partial charge in [0.15, 0.2) is 0 Å². The molecule has 2 rings (SSSR count). The largest absolute Gasteiger partial charge is 0.324 e. The van der Waals surface area contributed by atoms with Gasteiger partial charge in [0.25, 0.3) is 0 Å². The molecule has 2 heterocycles. The van der Waals surface area contributed by atoms with Gasteiger partial charge in [0.1, 0.15) is 4.60 Å². The number of rotatable bonds is 3. The first-order chi connectivity index (χ1) is 8.57. The number of pyridine rings is 1. The fraction of sp³-hybridized carbons (Fsp3) is 0.538. The highest BCUT2D eigenvalue weighted by atomic mass is 79.9. The first kappa shape index (κ1) is 13.5. The van der Waals surface area contributed by atoms with E-state index in [0.717, 1.165) is 41.8 Å². The lowest BCUT2D eigenvalue weighted by atomic mass is 9.83. The lowest BCUT2D eigenvalue weighted by Crippen LogP contribution is -2.37. The Morgan fingerprint density at radius 3 is 3.00 bits per heavy atom. The smallest absolute Gasteiger partial charge is 0.231 e. The van der Waals surface area contributed by atoms with Crippen LogP contribution in [0, 0.1) is 12.3 Å². The van der Waals surface area contributed by atoms with Crippen LogP contribution < -0.4 is 10.6 Å². The third-order valence-corrected chi connectivity index (χ3v) is 4.50. The van der Waals surface area contributed by atoms with E-state index in [9.17, 15) is 4.79 Å². The molecule has 1 aromatic rings. The van der Waals surface area contributed by atoms with Crippen molar-refractivity contribution in [3.05, 3.63) is 22.4 Å². The Morgan fingerprint density at radius 1 is 1.67 bits per heavy atom. The summed E-state index contributed by atoms with van der Waals surface area (Å²) in [7, 11) is 0. The van der Waals surface area contributed by atoms with Gasteiger partial charge in [-0.25, -0.2) is 4.98 Å². The zero-order valence-electron chi connectivity index (χ0n) is 10.7. The summed E-state index contributed by atoms with van der Waals surface area (Å²) >= 11 is 3.35. The van der Waals surface area contributed by atoms with Crippen LogP contribution >= 0.6 is 15.9 Å². The van der Waals surface area contributed by atoms with Crippen molar-refractivity contribution >= 4 is 27.5 Å². The van der Waals surface area contributed by atoms with Crippen LogP contribution in [0.1, 0.15) is 25.3 Å². The normalized spacial score (nSPS) is 23.1. The molecule has 0 saturated carbocycles. The fourth-order valence-corrected chi connectivity index (χ4v) is 2.51. The lowest BCUT2D eigenvalue weighted by Gasteiger charge is -2.25. The van der Waals surface area contributed by atoms with E-state index < -0.39 is 0 Å². The molecule has 1 unspecified atom stereocenters. The Hall–Kier alpha value is -0.940. The first-order valence-corrected chi connectivity index (χ1v) is 7.01. The van der Waals surface area contributed by atoms with E-state index in [4.69, 9.17) is 0 Å². The second-order valence-corrected chi connectivity index (χ2v) is 5.60. The van der Waals surface area contributed by atoms with Crippen molar-refractivity contribution in [1.82, 2.24) is 10.3 Å². The molecule has 1 fully saturated rings. The van der Waals surface area contributed by atoms with Gasteiger partial charge in [-0.1, -0.05) is 6.92 Å². The predicted octanol–water partition coefficient (Wildman–Crippen LogP) is 2.48. The van der Waals surface area contributed by atoms with Crippen molar-refractivity contribution in [1.29, 1.82) is 0 Å². The summed E-state index contributed by atoms with van der Waals surface area (Å²) < 4.78 is 0.813. The molecule has 0 spiro atoms. The third kappa shape index (κ3) is 2.57. The van der Waals surface area contributed by atoms with E-state index >= 15 is 0 Å². The second kappa shape index (κ2) is 5.36. The second-order valence-electron chi connectivity index (χ2n) is 4.85. The molecule has 2 N–H and O–H groups in total. The zero-order chi connectivity index (χ0) is 13.2. The molecule has 1 aliphatic rings. The molecule has 0 radical (unpaired) electrons. The van der Waals surface area contributed by atoms with E-state index in [0.29, 0.717) is 0 Å². The van der Waals surface area contributed by atoms with E-state index in [2.05, 4.69) is 38.5 Å². The maximum absolute atomic E-state index is 12.4. The molecule has 0 aliphatic carbocycles. The van der Waals surface area contributed by atoms with Gasteiger partial charge in [-0.3, -0.25) is 4.79 Å². The van der Waals surface area contributed by atoms with Gasteiger partial charge in [0, 0.05) is 6.54 Å². The Kier molecular flexibility index (Phi) is 4.02. The van der Waals surface area contributed by atoms with Gasteiger partial charge in [-0.2, -0.15) is 0 Å². The van der Waals surface area contributed by atoms with Crippen molar-refractivity contribution in [2.24, 2.45) is 5.41 Å². The molecule has 1 saturated heterocycles. The molecule has 1 aromatic heterocycles. The molecule has 5 heteroatoms. The number of nitrogens with one attached hydrogen (secondary N) is 2. The van der Waals surface area contributed by atoms with Gasteiger partial charge in [-0.05, 0) is 53.9 Å². The lowest BCUT2D eigenvalue weighted by molar-refractivity contribution is -0.124. The van der Waals surface area contributed by atoms with E-state index in [1.54, 1.807) is 6.20 Å². The van der Waals surface area contributed by atoms with Gasteiger partial charge < -0.3 is 10.6 Å². The summed E-state index contributed by atoms with van der Waals surface area (Å²) in [5.41, 5.74) is 1.52. The first-order valence-electron chi connectivity index (χ1n) is 6.22. The van der Waals surface area contributed by atoms with Gasteiger partial charge in [-0.15, -0.1) is 0 Å². The number of hydrogen-bond acceptors (Lipinski definition) is 3.